The van der Waals surface area contributed by atoms with Gasteiger partial charge in [0, 0.05) is 18.7 Å². The largest absolute Gasteiger partial charge is 0.366 e. The minimum atomic E-state index is -0.556. The molecule has 1 aromatic rings. The van der Waals surface area contributed by atoms with Gasteiger partial charge in [0.05, 0.1) is 17.2 Å². The Balaban J connectivity index is 1.73. The van der Waals surface area contributed by atoms with Gasteiger partial charge in [0.25, 0.3) is 5.91 Å². The molecule has 2 aliphatic rings. The topological polar surface area (TPSA) is 58.6 Å². The third kappa shape index (κ3) is 2.87. The molecule has 2 amide bonds. The average Bonchev–Trinajstić information content (AvgIpc) is 2.48. The van der Waals surface area contributed by atoms with E-state index in [9.17, 15) is 14.0 Å². The number of piperidine rings is 1. The van der Waals surface area contributed by atoms with Gasteiger partial charge in [-0.3, -0.25) is 9.59 Å². The fraction of sp³-hybridized carbons (Fsp3) is 0.429. The number of fused-ring (bicyclic) bond motifs is 1. The lowest BCUT2D eigenvalue weighted by Crippen LogP contribution is -2.61. The zero-order valence-corrected chi connectivity index (χ0v) is 11.9. The van der Waals surface area contributed by atoms with Crippen molar-refractivity contribution in [1.82, 2.24) is 10.2 Å². The molecule has 2 fully saturated rings. The van der Waals surface area contributed by atoms with Crippen LogP contribution < -0.4 is 5.32 Å². The number of halogens is 2. The highest BCUT2D eigenvalue weighted by Gasteiger charge is 2.36. The van der Waals surface area contributed by atoms with Crippen LogP contribution in [0.3, 0.4) is 0 Å². The molecule has 0 bridgehead atoms. The second-order valence-corrected chi connectivity index (χ2v) is 5.60. The van der Waals surface area contributed by atoms with Crippen LogP contribution in [0.1, 0.15) is 16.8 Å². The fourth-order valence-corrected chi connectivity index (χ4v) is 2.88. The molecule has 1 N–H and O–H groups in total. The molecule has 112 valence electrons. The molecule has 0 aliphatic carbocycles. The maximum Gasteiger partial charge on any atom is 0.253 e. The first-order valence-corrected chi connectivity index (χ1v) is 7.07. The number of carbonyl (C=O) groups excluding carboxylic acids is 2. The third-order valence-electron chi connectivity index (χ3n) is 3.78. The predicted molar refractivity (Wildman–Crippen MR) is 73.6 cm³/mol. The Kier molecular flexibility index (Phi) is 3.82. The van der Waals surface area contributed by atoms with Gasteiger partial charge in [0.1, 0.15) is 12.4 Å². The van der Waals surface area contributed by atoms with Crippen LogP contribution in [0.2, 0.25) is 5.02 Å². The fourth-order valence-electron chi connectivity index (χ4n) is 2.70. The maximum absolute atomic E-state index is 13.1. The zero-order valence-electron chi connectivity index (χ0n) is 11.1. The highest BCUT2D eigenvalue weighted by molar-refractivity contribution is 6.31. The molecule has 0 unspecified atom stereocenters. The highest BCUT2D eigenvalue weighted by Crippen LogP contribution is 2.21. The summed E-state index contributed by atoms with van der Waals surface area (Å²) in [7, 11) is 0. The SMILES string of the molecule is O=C1CO[C@H]2CCN(C(=O)c3ccc(F)c(Cl)c3)C[C@@H]2N1. The quantitative estimate of drug-likeness (QED) is 0.848. The van der Waals surface area contributed by atoms with Crippen LogP contribution in [0.25, 0.3) is 0 Å². The van der Waals surface area contributed by atoms with Crippen LogP contribution >= 0.6 is 11.6 Å². The van der Waals surface area contributed by atoms with E-state index in [2.05, 4.69) is 5.32 Å². The van der Waals surface area contributed by atoms with Gasteiger partial charge in [-0.25, -0.2) is 4.39 Å². The summed E-state index contributed by atoms with van der Waals surface area (Å²) in [6.45, 7) is 0.984. The van der Waals surface area contributed by atoms with E-state index in [-0.39, 0.29) is 35.6 Å². The van der Waals surface area contributed by atoms with Gasteiger partial charge < -0.3 is 15.0 Å². The lowest BCUT2D eigenvalue weighted by atomic mass is 9.99. The van der Waals surface area contributed by atoms with Crippen molar-refractivity contribution in [3.63, 3.8) is 0 Å². The van der Waals surface area contributed by atoms with E-state index in [0.29, 0.717) is 25.1 Å². The Morgan fingerprint density at radius 1 is 1.48 bits per heavy atom. The first-order valence-electron chi connectivity index (χ1n) is 6.70. The smallest absolute Gasteiger partial charge is 0.253 e. The van der Waals surface area contributed by atoms with Crippen molar-refractivity contribution >= 4 is 23.4 Å². The van der Waals surface area contributed by atoms with Crippen molar-refractivity contribution in [2.24, 2.45) is 0 Å². The summed E-state index contributed by atoms with van der Waals surface area (Å²) in [4.78, 5) is 25.4. The summed E-state index contributed by atoms with van der Waals surface area (Å²) in [5.41, 5.74) is 0.336. The van der Waals surface area contributed by atoms with E-state index in [1.54, 1.807) is 4.90 Å². The number of benzene rings is 1. The normalized spacial score (nSPS) is 25.2. The van der Waals surface area contributed by atoms with Crippen molar-refractivity contribution in [1.29, 1.82) is 0 Å². The second-order valence-electron chi connectivity index (χ2n) is 5.19. The summed E-state index contributed by atoms with van der Waals surface area (Å²) in [6.07, 6.45) is 0.606. The van der Waals surface area contributed by atoms with Gasteiger partial charge in [-0.1, -0.05) is 11.6 Å². The van der Waals surface area contributed by atoms with E-state index in [1.165, 1.54) is 18.2 Å². The van der Waals surface area contributed by atoms with Gasteiger partial charge in [-0.15, -0.1) is 0 Å². The number of hydrogen-bond acceptors (Lipinski definition) is 3. The molecule has 3 rings (SSSR count). The second kappa shape index (κ2) is 5.61. The summed E-state index contributed by atoms with van der Waals surface area (Å²) >= 11 is 5.70. The lowest BCUT2D eigenvalue weighted by molar-refractivity contribution is -0.139. The predicted octanol–water partition coefficient (Wildman–Crippen LogP) is 1.21. The Hall–Kier alpha value is -1.66. The summed E-state index contributed by atoms with van der Waals surface area (Å²) in [6, 6.07) is 3.71. The van der Waals surface area contributed by atoms with Gasteiger partial charge in [-0.05, 0) is 24.6 Å². The van der Waals surface area contributed by atoms with Crippen molar-refractivity contribution in [2.45, 2.75) is 18.6 Å². The monoisotopic (exact) mass is 312 g/mol. The molecule has 2 atom stereocenters. The molecule has 2 heterocycles. The van der Waals surface area contributed by atoms with Gasteiger partial charge >= 0.3 is 0 Å². The first-order chi connectivity index (χ1) is 10.0. The Morgan fingerprint density at radius 2 is 2.29 bits per heavy atom. The molecule has 7 heteroatoms. The van der Waals surface area contributed by atoms with E-state index in [4.69, 9.17) is 16.3 Å². The average molecular weight is 313 g/mol. The van der Waals surface area contributed by atoms with E-state index >= 15 is 0 Å². The van der Waals surface area contributed by atoms with Crippen LogP contribution in [0.5, 0.6) is 0 Å². The molecule has 0 spiro atoms. The molecule has 1 aromatic carbocycles. The number of nitrogens with zero attached hydrogens (tertiary/aromatic N) is 1. The molecule has 0 aromatic heterocycles. The third-order valence-corrected chi connectivity index (χ3v) is 4.07. The first kappa shape index (κ1) is 14.3. The molecule has 2 saturated heterocycles. The van der Waals surface area contributed by atoms with E-state index in [1.807, 2.05) is 0 Å². The van der Waals surface area contributed by atoms with Gasteiger partial charge in [-0.2, -0.15) is 0 Å². The van der Waals surface area contributed by atoms with Crippen LogP contribution in [-0.2, 0) is 9.53 Å². The standard InChI is InChI=1S/C14H14ClFN2O3/c15-9-5-8(1-2-10(9)16)14(20)18-4-3-12-11(6-18)17-13(19)7-21-12/h1-2,5,11-12H,3-4,6-7H2,(H,17,19)/t11-,12-/m0/s1. The number of ether oxygens (including phenoxy) is 1. The molecule has 2 aliphatic heterocycles. The number of amides is 2. The van der Waals surface area contributed by atoms with Crippen molar-refractivity contribution < 1.29 is 18.7 Å². The van der Waals surface area contributed by atoms with Crippen molar-refractivity contribution in [2.75, 3.05) is 19.7 Å². The van der Waals surface area contributed by atoms with E-state index < -0.39 is 5.82 Å². The molecule has 5 nitrogen and oxygen atoms in total. The Morgan fingerprint density at radius 3 is 3.05 bits per heavy atom. The lowest BCUT2D eigenvalue weighted by Gasteiger charge is -2.41. The van der Waals surface area contributed by atoms with Crippen LogP contribution in [0.15, 0.2) is 18.2 Å². The van der Waals surface area contributed by atoms with Crippen molar-refractivity contribution in [3.8, 4) is 0 Å². The maximum atomic E-state index is 13.1. The number of nitrogens with one attached hydrogen (secondary N) is 1. The van der Waals surface area contributed by atoms with E-state index in [0.717, 1.165) is 0 Å². The summed E-state index contributed by atoms with van der Waals surface area (Å²) in [5.74, 6) is -0.953. The van der Waals surface area contributed by atoms with Crippen LogP contribution in [0, 0.1) is 5.82 Å². The van der Waals surface area contributed by atoms with Crippen molar-refractivity contribution in [3.05, 3.63) is 34.6 Å². The molecular weight excluding hydrogens is 299 g/mol. The molecule has 0 saturated carbocycles. The summed E-state index contributed by atoms with van der Waals surface area (Å²) < 4.78 is 18.6. The minimum Gasteiger partial charge on any atom is -0.366 e. The Bertz CT molecular complexity index is 596. The number of hydrogen-bond donors (Lipinski definition) is 1. The molecule has 0 radical (unpaired) electrons. The minimum absolute atomic E-state index is 0.0523. The zero-order chi connectivity index (χ0) is 15.0. The van der Waals surface area contributed by atoms with Gasteiger partial charge in [0.15, 0.2) is 0 Å². The number of carbonyl (C=O) groups is 2. The van der Waals surface area contributed by atoms with Gasteiger partial charge in [0.2, 0.25) is 5.91 Å². The Labute approximate surface area is 126 Å². The molecular formula is C14H14ClFN2O3. The summed E-state index contributed by atoms with van der Waals surface area (Å²) in [5, 5.41) is 2.75. The number of morpholine rings is 1. The van der Waals surface area contributed by atoms with Crippen LogP contribution in [0.4, 0.5) is 4.39 Å². The number of likely N-dealkylation sites (tertiary alicyclic amines) is 1. The highest BCUT2D eigenvalue weighted by atomic mass is 35.5. The van der Waals surface area contributed by atoms with Crippen LogP contribution in [-0.4, -0.2) is 48.6 Å². The number of rotatable bonds is 1. The molecule has 21 heavy (non-hydrogen) atoms.